The first-order valence-corrected chi connectivity index (χ1v) is 7.78. The Balaban J connectivity index is 1.93. The maximum Gasteiger partial charge on any atom is 0.312 e. The Bertz CT molecular complexity index is 674. The van der Waals surface area contributed by atoms with Crippen molar-refractivity contribution in [2.75, 3.05) is 0 Å². The number of carboxylic acids is 1. The molecule has 1 aromatic carbocycles. The summed E-state index contributed by atoms with van der Waals surface area (Å²) in [5.41, 5.74) is -1.47. The number of hydrogen-bond donors (Lipinski definition) is 2. The molecule has 0 radical (unpaired) electrons. The van der Waals surface area contributed by atoms with E-state index in [0.29, 0.717) is 19.3 Å². The van der Waals surface area contributed by atoms with Gasteiger partial charge in [-0.3, -0.25) is 9.48 Å². The maximum atomic E-state index is 11.9. The van der Waals surface area contributed by atoms with Crippen molar-refractivity contribution >= 4 is 5.97 Å². The molecule has 0 spiro atoms. The summed E-state index contributed by atoms with van der Waals surface area (Å²) in [6.07, 6.45) is 4.67. The lowest BCUT2D eigenvalue weighted by Gasteiger charge is -2.40. The Morgan fingerprint density at radius 2 is 2.13 bits per heavy atom. The van der Waals surface area contributed by atoms with Gasteiger partial charge in [0.2, 0.25) is 0 Å². The van der Waals surface area contributed by atoms with Gasteiger partial charge in [0.1, 0.15) is 18.3 Å². The van der Waals surface area contributed by atoms with Gasteiger partial charge in [-0.25, -0.2) is 4.98 Å². The largest absolute Gasteiger partial charge is 0.481 e. The minimum atomic E-state index is -1.37. The van der Waals surface area contributed by atoms with E-state index in [0.717, 1.165) is 5.56 Å². The van der Waals surface area contributed by atoms with Gasteiger partial charge in [0.15, 0.2) is 0 Å². The van der Waals surface area contributed by atoms with Crippen LogP contribution in [0.25, 0.3) is 0 Å². The highest BCUT2D eigenvalue weighted by Crippen LogP contribution is 2.52. The van der Waals surface area contributed by atoms with Crippen molar-refractivity contribution in [3.05, 3.63) is 48.5 Å². The number of benzene rings is 1. The van der Waals surface area contributed by atoms with Crippen LogP contribution in [-0.2, 0) is 17.8 Å². The van der Waals surface area contributed by atoms with Crippen LogP contribution in [0.15, 0.2) is 43.0 Å². The smallest absolute Gasteiger partial charge is 0.312 e. The Morgan fingerprint density at radius 3 is 2.74 bits per heavy atom. The summed E-state index contributed by atoms with van der Waals surface area (Å²) in [6.45, 7) is 1.77. The molecule has 1 aliphatic rings. The molecule has 23 heavy (non-hydrogen) atoms. The standard InChI is InChI=1S/C17H21N3O3/c1-16(15(21)22)8-7-14(9-13-5-3-2-4-6-13)17(16,23)10-20-12-18-11-19-20/h2-6,11-12,14,23H,7-10H2,1H3,(H,21,22)/t14?,16-,17-/m1/s1. The summed E-state index contributed by atoms with van der Waals surface area (Å²) in [7, 11) is 0. The number of aromatic nitrogens is 3. The molecule has 1 aromatic heterocycles. The summed E-state index contributed by atoms with van der Waals surface area (Å²) in [4.78, 5) is 15.8. The van der Waals surface area contributed by atoms with Crippen LogP contribution in [0.5, 0.6) is 0 Å². The van der Waals surface area contributed by atoms with Gasteiger partial charge in [0.05, 0.1) is 12.0 Å². The van der Waals surface area contributed by atoms with E-state index in [1.165, 1.54) is 17.3 Å². The molecule has 1 heterocycles. The van der Waals surface area contributed by atoms with Crippen molar-refractivity contribution < 1.29 is 15.0 Å². The molecular formula is C17H21N3O3. The topological polar surface area (TPSA) is 88.2 Å². The molecule has 3 rings (SSSR count). The first kappa shape index (κ1) is 15.7. The predicted octanol–water partition coefficient (Wildman–Crippen LogP) is 1.75. The number of carbonyl (C=O) groups is 1. The third kappa shape index (κ3) is 2.63. The summed E-state index contributed by atoms with van der Waals surface area (Å²) >= 11 is 0. The highest BCUT2D eigenvalue weighted by atomic mass is 16.4. The maximum absolute atomic E-state index is 11.9. The van der Waals surface area contributed by atoms with Gasteiger partial charge in [0, 0.05) is 0 Å². The first-order chi connectivity index (χ1) is 11.0. The zero-order chi connectivity index (χ0) is 16.5. The average molecular weight is 315 g/mol. The minimum Gasteiger partial charge on any atom is -0.481 e. The number of hydrogen-bond acceptors (Lipinski definition) is 4. The molecular weight excluding hydrogens is 294 g/mol. The van der Waals surface area contributed by atoms with Crippen LogP contribution in [0.4, 0.5) is 0 Å². The van der Waals surface area contributed by atoms with Crippen LogP contribution >= 0.6 is 0 Å². The van der Waals surface area contributed by atoms with Gasteiger partial charge in [0.25, 0.3) is 0 Å². The van der Waals surface area contributed by atoms with E-state index >= 15 is 0 Å². The summed E-state index contributed by atoms with van der Waals surface area (Å²) < 4.78 is 1.52. The average Bonchev–Trinajstić information content (AvgIpc) is 3.11. The van der Waals surface area contributed by atoms with Crippen molar-refractivity contribution in [2.24, 2.45) is 11.3 Å². The molecule has 1 aliphatic carbocycles. The lowest BCUT2D eigenvalue weighted by Crippen LogP contribution is -2.54. The summed E-state index contributed by atoms with van der Waals surface area (Å²) in [5.74, 6) is -1.11. The highest BCUT2D eigenvalue weighted by Gasteiger charge is 2.61. The Hall–Kier alpha value is -2.21. The molecule has 2 N–H and O–H groups in total. The molecule has 1 saturated carbocycles. The molecule has 0 amide bonds. The molecule has 3 atom stereocenters. The summed E-state index contributed by atoms with van der Waals surface area (Å²) in [5, 5.41) is 25.2. The number of rotatable bonds is 5. The van der Waals surface area contributed by atoms with Gasteiger partial charge in [-0.15, -0.1) is 0 Å². The molecule has 1 unspecified atom stereocenters. The zero-order valence-electron chi connectivity index (χ0n) is 13.1. The van der Waals surface area contributed by atoms with Gasteiger partial charge >= 0.3 is 5.97 Å². The first-order valence-electron chi connectivity index (χ1n) is 7.78. The van der Waals surface area contributed by atoms with E-state index in [1.54, 1.807) is 6.92 Å². The van der Waals surface area contributed by atoms with Crippen molar-refractivity contribution in [1.29, 1.82) is 0 Å². The van der Waals surface area contributed by atoms with Crippen molar-refractivity contribution in [3.63, 3.8) is 0 Å². The SMILES string of the molecule is C[C@]1(C(=O)O)CCC(Cc2ccccc2)[C@]1(O)Cn1cncn1. The number of carboxylic acid groups (broad SMARTS) is 1. The molecule has 0 aliphatic heterocycles. The Kier molecular flexibility index (Phi) is 3.93. The van der Waals surface area contributed by atoms with Crippen LogP contribution in [0, 0.1) is 11.3 Å². The number of aliphatic carboxylic acids is 1. The van der Waals surface area contributed by atoms with E-state index in [-0.39, 0.29) is 12.5 Å². The van der Waals surface area contributed by atoms with Gasteiger partial charge in [-0.2, -0.15) is 5.10 Å². The zero-order valence-corrected chi connectivity index (χ0v) is 13.1. The van der Waals surface area contributed by atoms with E-state index in [1.807, 2.05) is 30.3 Å². The normalized spacial score (nSPS) is 30.4. The fraction of sp³-hybridized carbons (Fsp3) is 0.471. The van der Waals surface area contributed by atoms with Crippen LogP contribution < -0.4 is 0 Å². The van der Waals surface area contributed by atoms with Crippen molar-refractivity contribution in [3.8, 4) is 0 Å². The third-order valence-electron chi connectivity index (χ3n) is 5.29. The van der Waals surface area contributed by atoms with Gasteiger partial charge in [-0.05, 0) is 37.7 Å². The van der Waals surface area contributed by atoms with Gasteiger partial charge < -0.3 is 10.2 Å². The van der Waals surface area contributed by atoms with Crippen molar-refractivity contribution in [1.82, 2.24) is 14.8 Å². The lowest BCUT2D eigenvalue weighted by molar-refractivity contribution is -0.169. The number of aliphatic hydroxyl groups is 1. The molecule has 122 valence electrons. The van der Waals surface area contributed by atoms with Crippen LogP contribution in [0.3, 0.4) is 0 Å². The fourth-order valence-corrected chi connectivity index (χ4v) is 3.70. The minimum absolute atomic E-state index is 0.132. The van der Waals surface area contributed by atoms with Crippen LogP contribution in [0.2, 0.25) is 0 Å². The van der Waals surface area contributed by atoms with Crippen LogP contribution in [0.1, 0.15) is 25.3 Å². The summed E-state index contributed by atoms with van der Waals surface area (Å²) in [6, 6.07) is 9.87. The molecule has 0 bridgehead atoms. The van der Waals surface area contributed by atoms with E-state index < -0.39 is 17.0 Å². The second-order valence-electron chi connectivity index (χ2n) is 6.58. The second kappa shape index (κ2) is 5.77. The fourth-order valence-electron chi connectivity index (χ4n) is 3.70. The monoisotopic (exact) mass is 315 g/mol. The Labute approximate surface area is 134 Å². The Morgan fingerprint density at radius 1 is 1.39 bits per heavy atom. The second-order valence-corrected chi connectivity index (χ2v) is 6.58. The quantitative estimate of drug-likeness (QED) is 0.877. The number of nitrogens with zero attached hydrogens (tertiary/aromatic N) is 3. The van der Waals surface area contributed by atoms with Crippen LogP contribution in [-0.4, -0.2) is 36.5 Å². The third-order valence-corrected chi connectivity index (χ3v) is 5.29. The van der Waals surface area contributed by atoms with E-state index in [4.69, 9.17) is 0 Å². The lowest BCUT2D eigenvalue weighted by atomic mass is 9.71. The van der Waals surface area contributed by atoms with E-state index in [2.05, 4.69) is 10.1 Å². The highest BCUT2D eigenvalue weighted by molar-refractivity contribution is 5.76. The molecule has 6 heteroatoms. The molecule has 6 nitrogen and oxygen atoms in total. The molecule has 1 fully saturated rings. The van der Waals surface area contributed by atoms with Gasteiger partial charge in [-0.1, -0.05) is 30.3 Å². The predicted molar refractivity (Wildman–Crippen MR) is 83.6 cm³/mol. The molecule has 2 aromatic rings. The van der Waals surface area contributed by atoms with Crippen molar-refractivity contribution in [2.45, 2.75) is 38.3 Å². The van der Waals surface area contributed by atoms with E-state index in [9.17, 15) is 15.0 Å². The molecule has 0 saturated heterocycles.